The Kier molecular flexibility index (Phi) is 12.1. The van der Waals surface area contributed by atoms with Crippen LogP contribution in [0, 0.1) is 24.0 Å². The van der Waals surface area contributed by atoms with E-state index in [1.165, 1.54) is 17.0 Å². The number of furan rings is 1. The third-order valence-electron chi connectivity index (χ3n) is 8.49. The first-order valence-electron chi connectivity index (χ1n) is 15.7. The number of aromatic nitrogens is 1. The van der Waals surface area contributed by atoms with Gasteiger partial charge in [-0.15, -0.1) is 23.1 Å². The number of fused-ring (bicyclic) bond motifs is 4. The van der Waals surface area contributed by atoms with E-state index in [1.54, 1.807) is 0 Å². The minimum absolute atomic E-state index is 0. The zero-order chi connectivity index (χ0) is 31.3. The molecule has 0 amide bonds. The molecule has 44 heavy (non-hydrogen) atoms. The predicted octanol–water partition coefficient (Wildman–Crippen LogP) is 10.00. The molecule has 2 aromatic heterocycles. The molecular formula is C39H46IrNO3-. The molecule has 5 aromatic rings. The van der Waals surface area contributed by atoms with E-state index < -0.39 is 0 Å². The van der Waals surface area contributed by atoms with Gasteiger partial charge in [-0.1, -0.05) is 84.2 Å². The van der Waals surface area contributed by atoms with Gasteiger partial charge in [0, 0.05) is 38.0 Å². The molecule has 5 heteroatoms. The molecule has 235 valence electrons. The van der Waals surface area contributed by atoms with Crippen molar-refractivity contribution in [1.29, 1.82) is 0 Å². The molecule has 0 aliphatic rings. The zero-order valence-corrected chi connectivity index (χ0v) is 29.8. The molecule has 0 fully saturated rings. The Morgan fingerprint density at radius 2 is 1.52 bits per heavy atom. The van der Waals surface area contributed by atoms with Crippen LogP contribution >= 0.6 is 0 Å². The van der Waals surface area contributed by atoms with Gasteiger partial charge in [0.1, 0.15) is 18.8 Å². The molecule has 0 aliphatic heterocycles. The number of hydrogen-bond acceptors (Lipinski definition) is 3. The number of aliphatic hydroxyl groups is 1. The molecule has 0 saturated carbocycles. The van der Waals surface area contributed by atoms with E-state index in [2.05, 4.69) is 73.9 Å². The van der Waals surface area contributed by atoms with Crippen molar-refractivity contribution in [3.8, 4) is 11.1 Å². The topological polar surface area (TPSA) is 54.3 Å². The number of pyridine rings is 1. The fourth-order valence-electron chi connectivity index (χ4n) is 5.81. The first kappa shape index (κ1) is 35.2. The van der Waals surface area contributed by atoms with Crippen LogP contribution in [0.15, 0.2) is 77.0 Å². The van der Waals surface area contributed by atoms with Crippen molar-refractivity contribution in [2.24, 2.45) is 18.9 Å². The largest absolute Gasteiger partial charge is 0.516 e. The number of allylic oxidation sites excluding steroid dienone is 2. The van der Waals surface area contributed by atoms with Crippen LogP contribution in [-0.2, 0) is 37.4 Å². The Bertz CT molecular complexity index is 1750. The van der Waals surface area contributed by atoms with Crippen molar-refractivity contribution in [1.82, 2.24) is 0 Å². The van der Waals surface area contributed by atoms with Gasteiger partial charge in [0.25, 0.3) is 0 Å². The van der Waals surface area contributed by atoms with Gasteiger partial charge in [0.05, 0.1) is 16.7 Å². The van der Waals surface area contributed by atoms with Crippen LogP contribution in [0.2, 0.25) is 0 Å². The number of para-hydroxylation sites is 1. The SMILES string of the molecule is CCC(CC)C(=O)/C=C(\O)C(CC)CC.C[n+]1c[c-]c(-c2[c-]c3ccccc3c(C(C)(C)C)c2)c2oc3ccccc3c21.[Ir]. The summed E-state index contributed by atoms with van der Waals surface area (Å²) >= 11 is 0. The molecule has 1 N–H and O–H groups in total. The number of ketones is 1. The van der Waals surface area contributed by atoms with Crippen molar-refractivity contribution in [3.05, 3.63) is 90.3 Å². The van der Waals surface area contributed by atoms with E-state index >= 15 is 0 Å². The van der Waals surface area contributed by atoms with Crippen molar-refractivity contribution < 1.29 is 39.0 Å². The Morgan fingerprint density at radius 3 is 2.14 bits per heavy atom. The van der Waals surface area contributed by atoms with Crippen LogP contribution in [0.4, 0.5) is 0 Å². The van der Waals surface area contributed by atoms with Crippen LogP contribution in [0.1, 0.15) is 79.7 Å². The van der Waals surface area contributed by atoms with Crippen LogP contribution in [0.25, 0.3) is 44.0 Å². The molecule has 0 atom stereocenters. The second kappa shape index (κ2) is 15.1. The standard InChI is InChI=1S/C26H22NO.C13H24O2.Ir/c1-26(2,3)22-16-18(15-17-9-5-6-10-19(17)22)20-13-14-27(4)24-21-11-7-8-12-23(21)28-25(20)24;1-5-10(6-2)12(14)9-13(15)11(7-3)8-4;/h5-12,14,16H,1-4H3;9-11,14H,5-8H2,1-4H3;/q-1;;/b;12-9-;. The number of carbonyl (C=O) groups excluding carboxylic acids is 1. The average Bonchev–Trinajstić information content (AvgIpc) is 3.38. The Hall–Kier alpha value is -3.27. The summed E-state index contributed by atoms with van der Waals surface area (Å²) in [6.45, 7) is 14.8. The van der Waals surface area contributed by atoms with Gasteiger partial charge in [-0.3, -0.25) is 4.79 Å². The van der Waals surface area contributed by atoms with E-state index in [1.807, 2.05) is 59.1 Å². The van der Waals surface area contributed by atoms with E-state index in [0.29, 0.717) is 0 Å². The molecule has 3 aromatic carbocycles. The first-order chi connectivity index (χ1) is 20.5. The fourth-order valence-corrected chi connectivity index (χ4v) is 5.81. The molecule has 0 unspecified atom stereocenters. The number of rotatable bonds is 8. The third-order valence-corrected chi connectivity index (χ3v) is 8.49. The van der Waals surface area contributed by atoms with Crippen molar-refractivity contribution in [2.75, 3.05) is 0 Å². The molecular weight excluding hydrogens is 723 g/mol. The molecule has 0 bridgehead atoms. The van der Waals surface area contributed by atoms with Crippen molar-refractivity contribution in [3.63, 3.8) is 0 Å². The minimum Gasteiger partial charge on any atom is -0.516 e. The maximum atomic E-state index is 11.7. The molecule has 4 nitrogen and oxygen atoms in total. The normalized spacial score (nSPS) is 12.1. The summed E-state index contributed by atoms with van der Waals surface area (Å²) in [5.74, 6) is 0.547. The summed E-state index contributed by atoms with van der Waals surface area (Å²) in [6.07, 6.45) is 6.89. The van der Waals surface area contributed by atoms with E-state index in [-0.39, 0.29) is 48.9 Å². The Morgan fingerprint density at radius 1 is 0.932 bits per heavy atom. The average molecular weight is 769 g/mol. The van der Waals surface area contributed by atoms with Gasteiger partial charge >= 0.3 is 0 Å². The van der Waals surface area contributed by atoms with Crippen LogP contribution in [0.5, 0.6) is 0 Å². The van der Waals surface area contributed by atoms with E-state index in [0.717, 1.165) is 64.3 Å². The minimum atomic E-state index is 0. The summed E-state index contributed by atoms with van der Waals surface area (Å²) in [6, 6.07) is 26.0. The van der Waals surface area contributed by atoms with Gasteiger partial charge in [-0.05, 0) is 43.2 Å². The maximum Gasteiger partial charge on any atom is 0.194 e. The summed E-state index contributed by atoms with van der Waals surface area (Å²) in [4.78, 5) is 11.7. The molecule has 2 heterocycles. The molecule has 0 aliphatic carbocycles. The second-order valence-corrected chi connectivity index (χ2v) is 12.4. The molecule has 0 saturated heterocycles. The summed E-state index contributed by atoms with van der Waals surface area (Å²) in [5, 5.41) is 13.2. The number of carbonyl (C=O) groups is 1. The number of hydrogen-bond donors (Lipinski definition) is 1. The van der Waals surface area contributed by atoms with Crippen LogP contribution < -0.4 is 4.57 Å². The number of benzene rings is 3. The second-order valence-electron chi connectivity index (χ2n) is 12.4. The first-order valence-corrected chi connectivity index (χ1v) is 15.7. The predicted molar refractivity (Wildman–Crippen MR) is 178 cm³/mol. The van der Waals surface area contributed by atoms with Gasteiger partial charge in [-0.25, -0.2) is 10.1 Å². The van der Waals surface area contributed by atoms with Crippen LogP contribution in [-0.4, -0.2) is 10.9 Å². The molecule has 0 spiro atoms. The monoisotopic (exact) mass is 769 g/mol. The Balaban J connectivity index is 0.000000286. The zero-order valence-electron chi connectivity index (χ0n) is 27.4. The summed E-state index contributed by atoms with van der Waals surface area (Å²) in [5.41, 5.74) is 6.15. The quantitative estimate of drug-likeness (QED) is 0.0741. The van der Waals surface area contributed by atoms with Gasteiger partial charge in [0.2, 0.25) is 0 Å². The molecule has 1 radical (unpaired) electrons. The smallest absolute Gasteiger partial charge is 0.194 e. The third kappa shape index (κ3) is 7.50. The van der Waals surface area contributed by atoms with Gasteiger partial charge < -0.3 is 9.52 Å². The van der Waals surface area contributed by atoms with Crippen molar-refractivity contribution >= 4 is 38.6 Å². The van der Waals surface area contributed by atoms with Gasteiger partial charge in [0.15, 0.2) is 11.3 Å². The van der Waals surface area contributed by atoms with E-state index in [4.69, 9.17) is 4.42 Å². The summed E-state index contributed by atoms with van der Waals surface area (Å²) < 4.78 is 8.36. The molecule has 5 rings (SSSR count). The maximum absolute atomic E-state index is 11.7. The number of aliphatic hydroxyl groups excluding tert-OH is 1. The van der Waals surface area contributed by atoms with Crippen LogP contribution in [0.3, 0.4) is 0 Å². The summed E-state index contributed by atoms with van der Waals surface area (Å²) in [7, 11) is 2.04. The van der Waals surface area contributed by atoms with E-state index in [9.17, 15) is 9.90 Å². The fraction of sp³-hybridized carbons (Fsp3) is 0.385. The number of aryl methyl sites for hydroxylation is 1. The number of nitrogens with zero attached hydrogens (tertiary/aromatic N) is 1. The van der Waals surface area contributed by atoms with Gasteiger partial charge in [-0.2, -0.15) is 17.7 Å². The van der Waals surface area contributed by atoms with Crippen molar-refractivity contribution in [2.45, 2.75) is 79.6 Å². The Labute approximate surface area is 276 Å².